The fourth-order valence-corrected chi connectivity index (χ4v) is 4.36. The predicted octanol–water partition coefficient (Wildman–Crippen LogP) is 3.03. The first kappa shape index (κ1) is 13.7. The number of fused-ring (bicyclic) bond motifs is 2. The highest BCUT2D eigenvalue weighted by molar-refractivity contribution is 5.86. The second-order valence-corrected chi connectivity index (χ2v) is 6.61. The van der Waals surface area contributed by atoms with Gasteiger partial charge in [0, 0.05) is 11.1 Å². The third kappa shape index (κ3) is 2.28. The summed E-state index contributed by atoms with van der Waals surface area (Å²) in [7, 11) is 0. The van der Waals surface area contributed by atoms with Gasteiger partial charge in [0.15, 0.2) is 5.78 Å². The first-order valence-electron chi connectivity index (χ1n) is 8.33. The smallest absolute Gasteiger partial charge is 0.151 e. The van der Waals surface area contributed by atoms with Crippen molar-refractivity contribution in [3.05, 3.63) is 71.8 Å². The van der Waals surface area contributed by atoms with E-state index in [0.29, 0.717) is 5.78 Å². The molecule has 2 nitrogen and oxygen atoms in total. The molecule has 0 amide bonds. The summed E-state index contributed by atoms with van der Waals surface area (Å²) >= 11 is 0. The van der Waals surface area contributed by atoms with E-state index in [-0.39, 0.29) is 23.9 Å². The van der Waals surface area contributed by atoms with Crippen molar-refractivity contribution in [1.82, 2.24) is 0 Å². The van der Waals surface area contributed by atoms with Crippen molar-refractivity contribution in [3.8, 4) is 0 Å². The van der Waals surface area contributed by atoms with Crippen LogP contribution in [0.25, 0.3) is 0 Å². The van der Waals surface area contributed by atoms with Crippen LogP contribution in [0.5, 0.6) is 0 Å². The predicted molar refractivity (Wildman–Crippen MR) is 86.1 cm³/mol. The summed E-state index contributed by atoms with van der Waals surface area (Å²) in [6, 6.07) is 21.7. The van der Waals surface area contributed by atoms with E-state index < -0.39 is 0 Å². The maximum atomic E-state index is 13.0. The molecule has 0 aromatic heterocycles. The fraction of sp³-hybridized carbons (Fsp3) is 0.350. The van der Waals surface area contributed by atoms with Crippen LogP contribution in [0.3, 0.4) is 0 Å². The number of carbonyl (C=O) groups is 1. The molecule has 1 heterocycles. The maximum absolute atomic E-state index is 13.0. The lowest BCUT2D eigenvalue weighted by atomic mass is 9.67. The van der Waals surface area contributed by atoms with Crippen molar-refractivity contribution >= 4 is 5.78 Å². The van der Waals surface area contributed by atoms with Gasteiger partial charge in [0.1, 0.15) is 12.1 Å². The topological polar surface area (TPSA) is 33.7 Å². The van der Waals surface area contributed by atoms with E-state index >= 15 is 0 Å². The number of hydrogen-bond donors (Lipinski definition) is 1. The van der Waals surface area contributed by atoms with E-state index in [1.165, 1.54) is 17.5 Å². The minimum Gasteiger partial charge on any atom is -0.333 e. The van der Waals surface area contributed by atoms with Crippen LogP contribution in [0.1, 0.15) is 42.5 Å². The molecule has 2 aliphatic rings. The summed E-state index contributed by atoms with van der Waals surface area (Å²) in [6.07, 6.45) is 3.28. The zero-order valence-corrected chi connectivity index (χ0v) is 12.7. The standard InChI is InChI=1S/C20H21NO/c22-20-16-12-7-13-17(20)19(15-10-5-2-6-11-15)21-18(16)14-8-3-1-4-9-14/h1-6,8-11,16-19,21H,7,12-13H2/p+1/t16-,17-,18+,19+/m1/s1. The minimum absolute atomic E-state index is 0.195. The van der Waals surface area contributed by atoms with Crippen molar-refractivity contribution in [2.45, 2.75) is 31.3 Å². The molecule has 2 aromatic rings. The summed E-state index contributed by atoms with van der Waals surface area (Å²) < 4.78 is 0. The first-order valence-corrected chi connectivity index (χ1v) is 8.33. The molecule has 2 bridgehead atoms. The van der Waals surface area contributed by atoms with Crippen molar-refractivity contribution in [3.63, 3.8) is 0 Å². The molecule has 2 fully saturated rings. The van der Waals surface area contributed by atoms with Gasteiger partial charge in [0.05, 0.1) is 11.8 Å². The van der Waals surface area contributed by atoms with E-state index in [1.807, 2.05) is 12.1 Å². The SMILES string of the molecule is O=C1[C@@H]2CCC[C@@H]1[C@H](c1ccccc1)[NH2+][C@H]2c1ccccc1. The van der Waals surface area contributed by atoms with Crippen molar-refractivity contribution in [2.75, 3.05) is 0 Å². The Hall–Kier alpha value is -1.93. The number of carbonyl (C=O) groups excluding carboxylic acids is 1. The molecule has 22 heavy (non-hydrogen) atoms. The van der Waals surface area contributed by atoms with Gasteiger partial charge < -0.3 is 5.32 Å². The largest absolute Gasteiger partial charge is 0.333 e. The Labute approximate surface area is 131 Å². The zero-order chi connectivity index (χ0) is 14.9. The number of piperidine rings is 1. The lowest BCUT2D eigenvalue weighted by Crippen LogP contribution is -2.92. The van der Waals surface area contributed by atoms with Crippen LogP contribution in [0.15, 0.2) is 60.7 Å². The zero-order valence-electron chi connectivity index (χ0n) is 12.7. The van der Waals surface area contributed by atoms with Crippen molar-refractivity contribution in [2.24, 2.45) is 11.8 Å². The molecule has 1 aliphatic carbocycles. The van der Waals surface area contributed by atoms with Crippen molar-refractivity contribution in [1.29, 1.82) is 0 Å². The van der Waals surface area contributed by atoms with Crippen LogP contribution in [0.2, 0.25) is 0 Å². The molecule has 1 aliphatic heterocycles. The van der Waals surface area contributed by atoms with Crippen LogP contribution in [-0.4, -0.2) is 5.78 Å². The van der Waals surface area contributed by atoms with Crippen LogP contribution in [0.4, 0.5) is 0 Å². The number of rotatable bonds is 2. The average molecular weight is 292 g/mol. The van der Waals surface area contributed by atoms with Crippen molar-refractivity contribution < 1.29 is 10.1 Å². The number of Topliss-reactive ketones (excluding diaryl/α,β-unsaturated/α-hetero) is 1. The molecule has 1 saturated carbocycles. The van der Waals surface area contributed by atoms with Gasteiger partial charge in [-0.2, -0.15) is 0 Å². The molecule has 4 rings (SSSR count). The van der Waals surface area contributed by atoms with E-state index in [9.17, 15) is 4.79 Å². The van der Waals surface area contributed by atoms with Crippen LogP contribution in [0, 0.1) is 11.8 Å². The first-order chi connectivity index (χ1) is 10.8. The Kier molecular flexibility index (Phi) is 3.55. The molecule has 0 unspecified atom stereocenters. The van der Waals surface area contributed by atoms with Gasteiger partial charge in [-0.3, -0.25) is 4.79 Å². The van der Waals surface area contributed by atoms with Crippen LogP contribution < -0.4 is 5.32 Å². The summed E-state index contributed by atoms with van der Waals surface area (Å²) in [6.45, 7) is 0. The van der Waals surface area contributed by atoms with Gasteiger partial charge in [-0.15, -0.1) is 0 Å². The number of nitrogens with two attached hydrogens (primary N) is 1. The fourth-order valence-electron chi connectivity index (χ4n) is 4.36. The van der Waals surface area contributed by atoms with Gasteiger partial charge in [-0.1, -0.05) is 67.1 Å². The van der Waals surface area contributed by atoms with Gasteiger partial charge >= 0.3 is 0 Å². The normalized spacial score (nSPS) is 31.0. The van der Waals surface area contributed by atoms with Gasteiger partial charge in [0.25, 0.3) is 0 Å². The molecule has 2 heteroatoms. The Balaban J connectivity index is 1.73. The molecular weight excluding hydrogens is 270 g/mol. The summed E-state index contributed by atoms with van der Waals surface area (Å²) in [4.78, 5) is 13.0. The van der Waals surface area contributed by atoms with E-state index in [2.05, 4.69) is 53.8 Å². The average Bonchev–Trinajstić information content (AvgIpc) is 2.57. The summed E-state index contributed by atoms with van der Waals surface area (Å²) in [5.74, 6) is 0.888. The second kappa shape index (κ2) is 5.69. The molecule has 2 aromatic carbocycles. The molecule has 0 radical (unpaired) electrons. The highest BCUT2D eigenvalue weighted by Crippen LogP contribution is 2.41. The summed E-state index contributed by atoms with van der Waals surface area (Å²) in [5.41, 5.74) is 2.59. The Morgan fingerprint density at radius 1 is 0.727 bits per heavy atom. The molecule has 112 valence electrons. The summed E-state index contributed by atoms with van der Waals surface area (Å²) in [5, 5.41) is 2.46. The highest BCUT2D eigenvalue weighted by atomic mass is 16.1. The van der Waals surface area contributed by atoms with E-state index in [0.717, 1.165) is 12.8 Å². The van der Waals surface area contributed by atoms with Gasteiger partial charge in [0.2, 0.25) is 0 Å². The number of ketones is 1. The molecule has 4 atom stereocenters. The third-order valence-corrected chi connectivity index (χ3v) is 5.41. The number of quaternary nitrogens is 1. The quantitative estimate of drug-likeness (QED) is 0.907. The second-order valence-electron chi connectivity index (χ2n) is 6.61. The Morgan fingerprint density at radius 2 is 1.18 bits per heavy atom. The number of benzene rings is 2. The highest BCUT2D eigenvalue weighted by Gasteiger charge is 2.49. The molecule has 1 saturated heterocycles. The lowest BCUT2D eigenvalue weighted by Gasteiger charge is -2.42. The van der Waals surface area contributed by atoms with Crippen LogP contribution in [-0.2, 0) is 4.79 Å². The molecule has 2 N–H and O–H groups in total. The van der Waals surface area contributed by atoms with Gasteiger partial charge in [-0.05, 0) is 12.8 Å². The van der Waals surface area contributed by atoms with E-state index in [4.69, 9.17) is 0 Å². The molecular formula is C20H22NO+. The van der Waals surface area contributed by atoms with Crippen LogP contribution >= 0.6 is 0 Å². The third-order valence-electron chi connectivity index (χ3n) is 5.41. The monoisotopic (exact) mass is 292 g/mol. The maximum Gasteiger partial charge on any atom is 0.151 e. The number of hydrogen-bond acceptors (Lipinski definition) is 1. The molecule has 0 spiro atoms. The minimum atomic E-state index is 0.195. The Bertz CT molecular complexity index is 596. The van der Waals surface area contributed by atoms with Gasteiger partial charge in [-0.25, -0.2) is 0 Å². The lowest BCUT2D eigenvalue weighted by molar-refractivity contribution is -0.750. The Morgan fingerprint density at radius 3 is 1.64 bits per heavy atom. The van der Waals surface area contributed by atoms with E-state index in [1.54, 1.807) is 0 Å².